The van der Waals surface area contributed by atoms with Gasteiger partial charge >= 0.3 is 32.2 Å². The molecule has 0 aromatic heterocycles. The second-order valence-corrected chi connectivity index (χ2v) is 2.37. The molecule has 0 aliphatic heterocycles. The van der Waals surface area contributed by atoms with E-state index in [2.05, 4.69) is 6.92 Å². The second-order valence-electron chi connectivity index (χ2n) is 0.455. The molecule has 0 saturated heterocycles. The van der Waals surface area contributed by atoms with E-state index in [9.17, 15) is 0 Å². The van der Waals surface area contributed by atoms with Crippen LogP contribution in [0.25, 0.3) is 0 Å². The van der Waals surface area contributed by atoms with Crippen molar-refractivity contribution in [2.75, 3.05) is 0 Å². The molecular weight excluding hydrogens is 117 g/mol. The van der Waals surface area contributed by atoms with Crippen molar-refractivity contribution >= 4 is 15.2 Å². The van der Waals surface area contributed by atoms with Crippen molar-refractivity contribution in [3.8, 4) is 0 Å². The zero-order chi connectivity index (χ0) is 3.41. The molecule has 0 radical (unpaired) electrons. The Morgan fingerprint density at radius 2 is 2.25 bits per heavy atom. The summed E-state index contributed by atoms with van der Waals surface area (Å²) >= 11 is 0.417. The summed E-state index contributed by atoms with van der Waals surface area (Å²) in [6.07, 6.45) is 0. The topological polar surface area (TPSA) is 26.0 Å². The van der Waals surface area contributed by atoms with Crippen molar-refractivity contribution in [3.05, 3.63) is 0 Å². The van der Waals surface area contributed by atoms with Crippen molar-refractivity contribution in [2.45, 2.75) is 12.2 Å². The molecule has 0 aliphatic rings. The molecule has 2 N–H and O–H groups in total. The standard InChI is InChI=1S/C2H7NSe/c1-2-4-3/h2-3H2,1H3. The van der Waals surface area contributed by atoms with E-state index < -0.39 is 0 Å². The van der Waals surface area contributed by atoms with Crippen LogP contribution in [-0.2, 0) is 0 Å². The maximum atomic E-state index is 5.09. The summed E-state index contributed by atoms with van der Waals surface area (Å²) in [5.41, 5.74) is 0. The molecule has 0 unspecified atom stereocenters. The third-order valence-corrected chi connectivity index (χ3v) is 0.866. The molecule has 0 heterocycles. The second kappa shape index (κ2) is 3.48. The van der Waals surface area contributed by atoms with E-state index in [4.69, 9.17) is 4.75 Å². The summed E-state index contributed by atoms with van der Waals surface area (Å²) < 4.78 is 5.09. The average Bonchev–Trinajstić information content (AvgIpc) is 1.37. The van der Waals surface area contributed by atoms with Gasteiger partial charge in [-0.15, -0.1) is 0 Å². The Morgan fingerprint density at radius 3 is 2.25 bits per heavy atom. The van der Waals surface area contributed by atoms with Gasteiger partial charge in [0.1, 0.15) is 0 Å². The third kappa shape index (κ3) is 2.48. The fourth-order valence-corrected chi connectivity index (χ4v) is 0. The zero-order valence-corrected chi connectivity index (χ0v) is 4.41. The van der Waals surface area contributed by atoms with Crippen LogP contribution in [0.1, 0.15) is 6.92 Å². The van der Waals surface area contributed by atoms with Crippen molar-refractivity contribution in [3.63, 3.8) is 0 Å². The predicted octanol–water partition coefficient (Wildman–Crippen LogP) is 0.00250. The van der Waals surface area contributed by atoms with E-state index in [-0.39, 0.29) is 0 Å². The molecule has 0 aromatic carbocycles. The van der Waals surface area contributed by atoms with Gasteiger partial charge in [-0.2, -0.15) is 0 Å². The normalized spacial score (nSPS) is 7.50. The van der Waals surface area contributed by atoms with Gasteiger partial charge in [0.05, 0.1) is 0 Å². The molecule has 26 valence electrons. The Morgan fingerprint density at radius 1 is 2.00 bits per heavy atom. The average molecular weight is 124 g/mol. The van der Waals surface area contributed by atoms with Crippen LogP contribution in [0, 0.1) is 0 Å². The van der Waals surface area contributed by atoms with Crippen molar-refractivity contribution in [1.82, 2.24) is 0 Å². The Labute approximate surface area is 32.9 Å². The van der Waals surface area contributed by atoms with Gasteiger partial charge in [0.15, 0.2) is 0 Å². The van der Waals surface area contributed by atoms with E-state index in [1.807, 2.05) is 0 Å². The number of nitrogens with two attached hydrogens (primary N) is 1. The number of hydrogen-bond acceptors (Lipinski definition) is 1. The first-order valence-electron chi connectivity index (χ1n) is 1.23. The van der Waals surface area contributed by atoms with Crippen molar-refractivity contribution in [1.29, 1.82) is 0 Å². The molecule has 0 saturated carbocycles. The molecule has 0 amide bonds. The van der Waals surface area contributed by atoms with Crippen molar-refractivity contribution in [2.24, 2.45) is 4.75 Å². The Kier molecular flexibility index (Phi) is 3.90. The quantitative estimate of drug-likeness (QED) is 0.489. The first-order valence-corrected chi connectivity index (χ1v) is 3.43. The Hall–Kier alpha value is 0.479. The van der Waals surface area contributed by atoms with Gasteiger partial charge in [-0.1, -0.05) is 0 Å². The zero-order valence-electron chi connectivity index (χ0n) is 2.69. The van der Waals surface area contributed by atoms with Gasteiger partial charge in [-0.25, -0.2) is 0 Å². The molecule has 0 rings (SSSR count). The van der Waals surface area contributed by atoms with Crippen LogP contribution in [0.4, 0.5) is 0 Å². The van der Waals surface area contributed by atoms with Crippen LogP contribution >= 0.6 is 0 Å². The summed E-state index contributed by atoms with van der Waals surface area (Å²) in [6.45, 7) is 2.08. The summed E-state index contributed by atoms with van der Waals surface area (Å²) in [4.78, 5) is 0. The monoisotopic (exact) mass is 125 g/mol. The van der Waals surface area contributed by atoms with Crippen LogP contribution in [0.3, 0.4) is 0 Å². The van der Waals surface area contributed by atoms with Crippen LogP contribution in [-0.4, -0.2) is 15.2 Å². The fourth-order valence-electron chi connectivity index (χ4n) is 0. The van der Waals surface area contributed by atoms with Crippen molar-refractivity contribution < 1.29 is 0 Å². The van der Waals surface area contributed by atoms with E-state index >= 15 is 0 Å². The van der Waals surface area contributed by atoms with E-state index in [1.165, 1.54) is 0 Å². The van der Waals surface area contributed by atoms with Gasteiger partial charge < -0.3 is 0 Å². The van der Waals surface area contributed by atoms with Gasteiger partial charge in [0.25, 0.3) is 0 Å². The summed E-state index contributed by atoms with van der Waals surface area (Å²) in [5, 5.41) is 1.16. The fraction of sp³-hybridized carbons (Fsp3) is 1.00. The molecule has 0 spiro atoms. The SMILES string of the molecule is CC[Se]N. The van der Waals surface area contributed by atoms with Gasteiger partial charge in [0.2, 0.25) is 0 Å². The van der Waals surface area contributed by atoms with Gasteiger partial charge in [-0.3, -0.25) is 0 Å². The van der Waals surface area contributed by atoms with E-state index in [0.29, 0.717) is 15.2 Å². The summed E-state index contributed by atoms with van der Waals surface area (Å²) in [6, 6.07) is 0. The first kappa shape index (κ1) is 4.48. The van der Waals surface area contributed by atoms with Crippen LogP contribution in [0.5, 0.6) is 0 Å². The third-order valence-electron chi connectivity index (χ3n) is 0.167. The predicted molar refractivity (Wildman–Crippen MR) is 20.4 cm³/mol. The molecular formula is C2H7NSe. The molecule has 0 bridgehead atoms. The van der Waals surface area contributed by atoms with E-state index in [1.54, 1.807) is 0 Å². The Bertz CT molecular complexity index is 8.00. The van der Waals surface area contributed by atoms with Crippen LogP contribution in [0.15, 0.2) is 0 Å². The summed E-state index contributed by atoms with van der Waals surface area (Å²) in [5.74, 6) is 0. The molecule has 0 atom stereocenters. The van der Waals surface area contributed by atoms with Gasteiger partial charge in [-0.05, 0) is 0 Å². The minimum absolute atomic E-state index is 0.417. The van der Waals surface area contributed by atoms with Crippen LogP contribution < -0.4 is 4.75 Å². The molecule has 0 fully saturated rings. The maximum absolute atomic E-state index is 5.09. The molecule has 2 heteroatoms. The molecule has 0 aromatic rings. The number of hydrogen-bond donors (Lipinski definition) is 1. The molecule has 0 aliphatic carbocycles. The summed E-state index contributed by atoms with van der Waals surface area (Å²) in [7, 11) is 0. The molecule has 4 heavy (non-hydrogen) atoms. The minimum atomic E-state index is 0.417. The van der Waals surface area contributed by atoms with Crippen LogP contribution in [0.2, 0.25) is 5.32 Å². The Balaban J connectivity index is 1.97. The first-order chi connectivity index (χ1) is 1.91. The van der Waals surface area contributed by atoms with E-state index in [0.717, 1.165) is 5.32 Å². The number of rotatable bonds is 1. The molecule has 1 nitrogen and oxygen atoms in total. The van der Waals surface area contributed by atoms with Gasteiger partial charge in [0, 0.05) is 0 Å².